The van der Waals surface area contributed by atoms with Crippen LogP contribution in [0.4, 0.5) is 10.5 Å². The van der Waals surface area contributed by atoms with Gasteiger partial charge in [0.25, 0.3) is 11.8 Å². The predicted molar refractivity (Wildman–Crippen MR) is 123 cm³/mol. The van der Waals surface area contributed by atoms with Crippen LogP contribution in [-0.4, -0.2) is 42.1 Å². The third kappa shape index (κ3) is 4.74. The molecule has 0 spiro atoms. The molecule has 1 fully saturated rings. The van der Waals surface area contributed by atoms with Crippen LogP contribution < -0.4 is 15.0 Å². The van der Waals surface area contributed by atoms with Gasteiger partial charge in [-0.15, -0.1) is 0 Å². The molecule has 1 aliphatic heterocycles. The lowest BCUT2D eigenvalue weighted by Gasteiger charge is -2.26. The molecule has 1 heterocycles. The highest BCUT2D eigenvalue weighted by Gasteiger charge is 2.37. The van der Waals surface area contributed by atoms with E-state index in [9.17, 15) is 24.3 Å². The number of hydrogen-bond acceptors (Lipinski definition) is 7. The maximum atomic E-state index is 13.0. The molecule has 0 unspecified atom stereocenters. The van der Waals surface area contributed by atoms with Crippen molar-refractivity contribution in [3.8, 4) is 11.5 Å². The van der Waals surface area contributed by atoms with Crippen LogP contribution in [0.15, 0.2) is 42.0 Å². The highest BCUT2D eigenvalue weighted by Crippen LogP contribution is 2.34. The van der Waals surface area contributed by atoms with E-state index >= 15 is 0 Å². The standard InChI is InChI=1S/C22H19IN2O7/c1-3-31-17-11-12(10-16(23)18(17)26)9-15-19(27)24-22(30)25(20(15)28)14-7-5-13(6-8-14)21(29)32-4-2/h5-11,26H,3-4H2,1-2H3,(H,24,27,30)/b15-9+. The van der Waals surface area contributed by atoms with Crippen molar-refractivity contribution >= 4 is 58.2 Å². The molecule has 32 heavy (non-hydrogen) atoms. The number of carbonyl (C=O) groups is 4. The highest BCUT2D eigenvalue weighted by atomic mass is 127. The number of phenols is 1. The summed E-state index contributed by atoms with van der Waals surface area (Å²) in [7, 11) is 0. The zero-order valence-corrected chi connectivity index (χ0v) is 19.3. The zero-order valence-electron chi connectivity index (χ0n) is 17.2. The van der Waals surface area contributed by atoms with Crippen molar-refractivity contribution in [2.75, 3.05) is 18.1 Å². The van der Waals surface area contributed by atoms with Gasteiger partial charge in [0, 0.05) is 0 Å². The molecule has 166 valence electrons. The number of urea groups is 1. The number of aromatic hydroxyl groups is 1. The molecule has 0 aromatic heterocycles. The number of amides is 4. The van der Waals surface area contributed by atoms with Gasteiger partial charge in [0.1, 0.15) is 5.57 Å². The van der Waals surface area contributed by atoms with Crippen molar-refractivity contribution in [2.45, 2.75) is 13.8 Å². The van der Waals surface area contributed by atoms with E-state index in [1.807, 2.05) is 22.6 Å². The molecule has 0 aliphatic carbocycles. The van der Waals surface area contributed by atoms with Crippen molar-refractivity contribution in [1.82, 2.24) is 5.32 Å². The monoisotopic (exact) mass is 550 g/mol. The average molecular weight is 550 g/mol. The molecule has 3 rings (SSSR count). The fraction of sp³-hybridized carbons (Fsp3) is 0.182. The summed E-state index contributed by atoms with van der Waals surface area (Å²) in [5.41, 5.74) is 0.591. The molecule has 0 saturated carbocycles. The first-order valence-corrected chi connectivity index (χ1v) is 10.7. The van der Waals surface area contributed by atoms with Gasteiger partial charge in [0.2, 0.25) is 0 Å². The van der Waals surface area contributed by atoms with Gasteiger partial charge in [-0.25, -0.2) is 14.5 Å². The maximum Gasteiger partial charge on any atom is 0.338 e. The lowest BCUT2D eigenvalue weighted by atomic mass is 10.1. The Morgan fingerprint density at radius 1 is 1.12 bits per heavy atom. The molecule has 2 aromatic carbocycles. The third-order valence-corrected chi connectivity index (χ3v) is 5.22. The van der Waals surface area contributed by atoms with E-state index in [2.05, 4.69) is 5.32 Å². The second-order valence-corrected chi connectivity index (χ2v) is 7.67. The molecule has 1 saturated heterocycles. The minimum absolute atomic E-state index is 0.0486. The van der Waals surface area contributed by atoms with Gasteiger partial charge in [0.05, 0.1) is 28.0 Å². The summed E-state index contributed by atoms with van der Waals surface area (Å²) in [6.45, 7) is 3.96. The summed E-state index contributed by atoms with van der Waals surface area (Å²) in [6.07, 6.45) is 1.31. The van der Waals surface area contributed by atoms with Gasteiger partial charge >= 0.3 is 12.0 Å². The number of barbiturate groups is 1. The number of halogens is 1. The summed E-state index contributed by atoms with van der Waals surface area (Å²) >= 11 is 1.90. The summed E-state index contributed by atoms with van der Waals surface area (Å²) in [4.78, 5) is 50.4. The Balaban J connectivity index is 1.96. The quantitative estimate of drug-likeness (QED) is 0.245. The first-order chi connectivity index (χ1) is 15.3. The van der Waals surface area contributed by atoms with Gasteiger partial charge in [-0.1, -0.05) is 0 Å². The van der Waals surface area contributed by atoms with Gasteiger partial charge in [-0.05, 0) is 84.5 Å². The Labute approximate surface area is 197 Å². The molecule has 9 nitrogen and oxygen atoms in total. The van der Waals surface area contributed by atoms with E-state index in [-0.39, 0.29) is 34.9 Å². The van der Waals surface area contributed by atoms with Crippen molar-refractivity contribution in [3.05, 3.63) is 56.7 Å². The number of imide groups is 2. The molecular formula is C22H19IN2O7. The number of anilines is 1. The number of nitrogens with one attached hydrogen (secondary N) is 1. The number of ether oxygens (including phenoxy) is 2. The van der Waals surface area contributed by atoms with Gasteiger partial charge < -0.3 is 14.6 Å². The lowest BCUT2D eigenvalue weighted by Crippen LogP contribution is -2.54. The highest BCUT2D eigenvalue weighted by molar-refractivity contribution is 14.1. The van der Waals surface area contributed by atoms with Crippen LogP contribution in [0.5, 0.6) is 11.5 Å². The van der Waals surface area contributed by atoms with E-state index in [0.717, 1.165) is 4.90 Å². The SMILES string of the molecule is CCOC(=O)c1ccc(N2C(=O)NC(=O)/C(=C\c3cc(I)c(O)c(OCC)c3)C2=O)cc1. The minimum atomic E-state index is -0.906. The molecule has 10 heteroatoms. The number of phenolic OH excluding ortho intramolecular Hbond substituents is 1. The topological polar surface area (TPSA) is 122 Å². The van der Waals surface area contributed by atoms with Crippen molar-refractivity contribution in [1.29, 1.82) is 0 Å². The summed E-state index contributed by atoms with van der Waals surface area (Å²) in [5.74, 6) is -2.05. The van der Waals surface area contributed by atoms with Crippen LogP contribution in [0, 0.1) is 3.57 Å². The van der Waals surface area contributed by atoms with Crippen molar-refractivity contribution < 1.29 is 33.8 Å². The number of nitrogens with zero attached hydrogens (tertiary/aromatic N) is 1. The van der Waals surface area contributed by atoms with Gasteiger partial charge in [-0.3, -0.25) is 14.9 Å². The first-order valence-electron chi connectivity index (χ1n) is 9.60. The minimum Gasteiger partial charge on any atom is -0.504 e. The van der Waals surface area contributed by atoms with E-state index in [1.165, 1.54) is 36.4 Å². The second kappa shape index (κ2) is 9.81. The molecule has 2 N–H and O–H groups in total. The van der Waals surface area contributed by atoms with Crippen LogP contribution in [0.2, 0.25) is 0 Å². The van der Waals surface area contributed by atoms with E-state index < -0.39 is 23.8 Å². The van der Waals surface area contributed by atoms with Crippen molar-refractivity contribution in [2.24, 2.45) is 0 Å². The average Bonchev–Trinajstić information content (AvgIpc) is 2.75. The number of carbonyl (C=O) groups excluding carboxylic acids is 4. The summed E-state index contributed by atoms with van der Waals surface area (Å²) in [5, 5.41) is 12.2. The Morgan fingerprint density at radius 3 is 2.44 bits per heavy atom. The number of rotatable bonds is 6. The Bertz CT molecular complexity index is 1130. The van der Waals surface area contributed by atoms with Crippen molar-refractivity contribution in [3.63, 3.8) is 0 Å². The predicted octanol–water partition coefficient (Wildman–Crippen LogP) is 3.24. The Hall–Kier alpha value is -3.41. The molecule has 4 amide bonds. The molecule has 0 atom stereocenters. The van der Waals surface area contributed by atoms with Crippen LogP contribution in [0.25, 0.3) is 6.08 Å². The summed E-state index contributed by atoms with van der Waals surface area (Å²) < 4.78 is 10.8. The lowest BCUT2D eigenvalue weighted by molar-refractivity contribution is -0.122. The molecule has 1 aliphatic rings. The van der Waals surface area contributed by atoms with Crippen LogP contribution >= 0.6 is 22.6 Å². The Morgan fingerprint density at radius 2 is 1.81 bits per heavy atom. The fourth-order valence-corrected chi connectivity index (χ4v) is 3.59. The zero-order chi connectivity index (χ0) is 23.4. The second-order valence-electron chi connectivity index (χ2n) is 6.51. The largest absolute Gasteiger partial charge is 0.504 e. The first kappa shape index (κ1) is 23.3. The van der Waals surface area contributed by atoms with E-state index in [1.54, 1.807) is 19.9 Å². The summed E-state index contributed by atoms with van der Waals surface area (Å²) in [6, 6.07) is 7.82. The Kier molecular flexibility index (Phi) is 7.13. The normalized spacial score (nSPS) is 15.0. The molecule has 0 radical (unpaired) electrons. The van der Waals surface area contributed by atoms with Gasteiger partial charge in [0.15, 0.2) is 11.5 Å². The van der Waals surface area contributed by atoms with E-state index in [4.69, 9.17) is 9.47 Å². The van der Waals surface area contributed by atoms with Crippen LogP contribution in [0.3, 0.4) is 0 Å². The van der Waals surface area contributed by atoms with Crippen LogP contribution in [-0.2, 0) is 14.3 Å². The third-order valence-electron chi connectivity index (χ3n) is 4.40. The number of esters is 1. The van der Waals surface area contributed by atoms with Crippen LogP contribution in [0.1, 0.15) is 29.8 Å². The molecule has 2 aromatic rings. The van der Waals surface area contributed by atoms with Gasteiger partial charge in [-0.2, -0.15) is 0 Å². The molecule has 0 bridgehead atoms. The number of hydrogen-bond donors (Lipinski definition) is 2. The molecular weight excluding hydrogens is 531 g/mol. The smallest absolute Gasteiger partial charge is 0.338 e. The number of benzene rings is 2. The van der Waals surface area contributed by atoms with E-state index in [0.29, 0.717) is 15.7 Å². The fourth-order valence-electron chi connectivity index (χ4n) is 2.96. The maximum absolute atomic E-state index is 13.0.